The van der Waals surface area contributed by atoms with Gasteiger partial charge >= 0.3 is 0 Å². The smallest absolute Gasteiger partial charge is 0.253 e. The van der Waals surface area contributed by atoms with Crippen molar-refractivity contribution in [3.05, 3.63) is 47.3 Å². The number of rotatable bonds is 8. The zero-order valence-electron chi connectivity index (χ0n) is 17.4. The molecule has 2 amide bonds. The summed E-state index contributed by atoms with van der Waals surface area (Å²) in [7, 11) is 5.30. The highest BCUT2D eigenvalue weighted by atomic mass is 16.5. The Bertz CT molecular complexity index is 879. The molecule has 0 saturated carbocycles. The summed E-state index contributed by atoms with van der Waals surface area (Å²) in [5.74, 6) is -0.113. The van der Waals surface area contributed by atoms with Crippen LogP contribution in [0.4, 0.5) is 5.69 Å². The summed E-state index contributed by atoms with van der Waals surface area (Å²) in [6.07, 6.45) is 2.21. The average Bonchev–Trinajstić information content (AvgIpc) is 3.22. The first-order valence-electron chi connectivity index (χ1n) is 9.79. The van der Waals surface area contributed by atoms with Gasteiger partial charge < -0.3 is 20.3 Å². The summed E-state index contributed by atoms with van der Waals surface area (Å²) < 4.78 is 7.01. The molecule has 0 spiro atoms. The molecule has 1 saturated heterocycles. The molecule has 1 aliphatic rings. The molecule has 2 N–H and O–H groups in total. The first-order chi connectivity index (χ1) is 14.0. The van der Waals surface area contributed by atoms with E-state index in [2.05, 4.69) is 15.7 Å². The van der Waals surface area contributed by atoms with Crippen LogP contribution in [0.2, 0.25) is 0 Å². The fourth-order valence-corrected chi connectivity index (χ4v) is 3.95. The van der Waals surface area contributed by atoms with E-state index >= 15 is 0 Å². The van der Waals surface area contributed by atoms with Gasteiger partial charge in [0.1, 0.15) is 0 Å². The summed E-state index contributed by atoms with van der Waals surface area (Å²) in [4.78, 5) is 27.3. The Morgan fingerprint density at radius 1 is 1.34 bits per heavy atom. The molecule has 2 heterocycles. The maximum atomic E-state index is 12.7. The molecule has 3 rings (SSSR count). The van der Waals surface area contributed by atoms with Gasteiger partial charge in [0.2, 0.25) is 5.91 Å². The largest absolute Gasteiger partial charge is 0.387 e. The van der Waals surface area contributed by atoms with Crippen LogP contribution < -0.4 is 10.6 Å². The molecule has 0 aliphatic carbocycles. The van der Waals surface area contributed by atoms with E-state index in [1.807, 2.05) is 47.9 Å². The first kappa shape index (κ1) is 20.9. The highest BCUT2D eigenvalue weighted by molar-refractivity contribution is 5.99. The Morgan fingerprint density at radius 3 is 2.76 bits per heavy atom. The average molecular weight is 399 g/mol. The second-order valence-electron chi connectivity index (χ2n) is 7.30. The number of carbonyl (C=O) groups is 2. The number of carbonyl (C=O) groups excluding carboxylic acids is 2. The topological polar surface area (TPSA) is 88.5 Å². The molecule has 8 nitrogen and oxygen atoms in total. The standard InChI is InChI=1S/C21H29N5O3/c1-14-17(13-24-25(14)3)20-15(11-19(27)26(20)9-10-29-4)12-23-21(28)16-7-5-6-8-18(16)22-2/h5-8,13,15,20,22H,9-12H2,1-4H3,(H,23,28)/t15-,20+/m0/s1. The normalized spacial score (nSPS) is 18.9. The highest BCUT2D eigenvalue weighted by Gasteiger charge is 2.41. The quantitative estimate of drug-likeness (QED) is 0.706. The van der Waals surface area contributed by atoms with Gasteiger partial charge in [0, 0.05) is 63.6 Å². The van der Waals surface area contributed by atoms with Gasteiger partial charge in [0.05, 0.1) is 24.4 Å². The number of hydrogen-bond acceptors (Lipinski definition) is 5. The molecule has 0 radical (unpaired) electrons. The van der Waals surface area contributed by atoms with Crippen LogP contribution in [-0.4, -0.2) is 60.3 Å². The molecule has 8 heteroatoms. The van der Waals surface area contributed by atoms with Gasteiger partial charge in [-0.3, -0.25) is 14.3 Å². The molecular weight excluding hydrogens is 370 g/mol. The van der Waals surface area contributed by atoms with Crippen LogP contribution in [0.1, 0.15) is 34.1 Å². The first-order valence-corrected chi connectivity index (χ1v) is 9.79. The molecule has 0 bridgehead atoms. The lowest BCUT2D eigenvalue weighted by atomic mass is 9.93. The predicted molar refractivity (Wildman–Crippen MR) is 111 cm³/mol. The van der Waals surface area contributed by atoms with E-state index in [4.69, 9.17) is 4.74 Å². The van der Waals surface area contributed by atoms with Crippen molar-refractivity contribution in [2.45, 2.75) is 19.4 Å². The number of aryl methyl sites for hydroxylation is 1. The third kappa shape index (κ3) is 4.27. The van der Waals surface area contributed by atoms with Crippen LogP contribution >= 0.6 is 0 Å². The second-order valence-corrected chi connectivity index (χ2v) is 7.30. The number of likely N-dealkylation sites (tertiary alicyclic amines) is 1. The van der Waals surface area contributed by atoms with E-state index in [1.165, 1.54) is 0 Å². The second kappa shape index (κ2) is 9.09. The number of nitrogens with one attached hydrogen (secondary N) is 2. The molecular formula is C21H29N5O3. The number of nitrogens with zero attached hydrogens (tertiary/aromatic N) is 3. The number of aromatic nitrogens is 2. The van der Waals surface area contributed by atoms with E-state index in [1.54, 1.807) is 20.2 Å². The van der Waals surface area contributed by atoms with E-state index in [-0.39, 0.29) is 23.8 Å². The fraction of sp³-hybridized carbons (Fsp3) is 0.476. The minimum Gasteiger partial charge on any atom is -0.387 e. The van der Waals surface area contributed by atoms with Crippen LogP contribution in [0.15, 0.2) is 30.5 Å². The van der Waals surface area contributed by atoms with Crippen LogP contribution in [0.3, 0.4) is 0 Å². The molecule has 2 aromatic rings. The molecule has 156 valence electrons. The lowest BCUT2D eigenvalue weighted by Crippen LogP contribution is -2.35. The minimum absolute atomic E-state index is 0.0343. The molecule has 0 unspecified atom stereocenters. The van der Waals surface area contributed by atoms with Crippen molar-refractivity contribution < 1.29 is 14.3 Å². The lowest BCUT2D eigenvalue weighted by Gasteiger charge is -2.28. The maximum absolute atomic E-state index is 12.7. The number of para-hydroxylation sites is 1. The van der Waals surface area contributed by atoms with Gasteiger partial charge in [0.25, 0.3) is 5.91 Å². The summed E-state index contributed by atoms with van der Waals surface area (Å²) in [6, 6.07) is 7.24. The van der Waals surface area contributed by atoms with E-state index in [9.17, 15) is 9.59 Å². The van der Waals surface area contributed by atoms with Gasteiger partial charge in [-0.1, -0.05) is 12.1 Å². The number of hydrogen-bond donors (Lipinski definition) is 2. The third-order valence-corrected chi connectivity index (χ3v) is 5.63. The number of amides is 2. The van der Waals surface area contributed by atoms with E-state index in [0.717, 1.165) is 16.9 Å². The van der Waals surface area contributed by atoms with Crippen molar-refractivity contribution in [3.8, 4) is 0 Å². The van der Waals surface area contributed by atoms with Gasteiger partial charge in [0.15, 0.2) is 0 Å². The SMILES string of the molecule is CNc1ccccc1C(=O)NC[C@@H]1CC(=O)N(CCOC)[C@H]1c1cnn(C)c1C. The Labute approximate surface area is 171 Å². The Balaban J connectivity index is 1.80. The predicted octanol–water partition coefficient (Wildman–Crippen LogP) is 1.74. The molecule has 1 aliphatic heterocycles. The summed E-state index contributed by atoms with van der Waals surface area (Å²) >= 11 is 0. The fourth-order valence-electron chi connectivity index (χ4n) is 3.95. The van der Waals surface area contributed by atoms with Gasteiger partial charge in [-0.15, -0.1) is 0 Å². The van der Waals surface area contributed by atoms with Crippen molar-refractivity contribution in [1.29, 1.82) is 0 Å². The van der Waals surface area contributed by atoms with Crippen molar-refractivity contribution in [2.75, 3.05) is 39.2 Å². The zero-order chi connectivity index (χ0) is 21.0. The third-order valence-electron chi connectivity index (χ3n) is 5.63. The van der Waals surface area contributed by atoms with Crippen LogP contribution in [0, 0.1) is 12.8 Å². The van der Waals surface area contributed by atoms with Gasteiger partial charge in [-0.05, 0) is 19.1 Å². The number of ether oxygens (including phenoxy) is 1. The van der Waals surface area contributed by atoms with Crippen molar-refractivity contribution in [1.82, 2.24) is 20.0 Å². The van der Waals surface area contributed by atoms with Crippen LogP contribution in [-0.2, 0) is 16.6 Å². The Hall–Kier alpha value is -2.87. The molecule has 1 aromatic heterocycles. The molecule has 2 atom stereocenters. The molecule has 29 heavy (non-hydrogen) atoms. The highest BCUT2D eigenvalue weighted by Crippen LogP contribution is 2.38. The van der Waals surface area contributed by atoms with Crippen LogP contribution in [0.25, 0.3) is 0 Å². The number of benzene rings is 1. The van der Waals surface area contributed by atoms with Gasteiger partial charge in [-0.25, -0.2) is 0 Å². The van der Waals surface area contributed by atoms with Gasteiger partial charge in [-0.2, -0.15) is 5.10 Å². The Kier molecular flexibility index (Phi) is 6.53. The van der Waals surface area contributed by atoms with Crippen molar-refractivity contribution >= 4 is 17.5 Å². The molecule has 1 aromatic carbocycles. The summed E-state index contributed by atoms with van der Waals surface area (Å²) in [5.41, 5.74) is 3.40. The number of methoxy groups -OCH3 is 1. The Morgan fingerprint density at radius 2 is 2.10 bits per heavy atom. The number of anilines is 1. The van der Waals surface area contributed by atoms with E-state index in [0.29, 0.717) is 31.7 Å². The van der Waals surface area contributed by atoms with Crippen LogP contribution in [0.5, 0.6) is 0 Å². The zero-order valence-corrected chi connectivity index (χ0v) is 17.4. The van der Waals surface area contributed by atoms with Crippen molar-refractivity contribution in [3.63, 3.8) is 0 Å². The minimum atomic E-state index is -0.153. The summed E-state index contributed by atoms with van der Waals surface area (Å²) in [5, 5.41) is 10.4. The molecule has 1 fully saturated rings. The van der Waals surface area contributed by atoms with Crippen molar-refractivity contribution in [2.24, 2.45) is 13.0 Å². The maximum Gasteiger partial charge on any atom is 0.253 e. The van der Waals surface area contributed by atoms with E-state index < -0.39 is 0 Å². The lowest BCUT2D eigenvalue weighted by molar-refractivity contribution is -0.129. The monoisotopic (exact) mass is 399 g/mol. The summed E-state index contributed by atoms with van der Waals surface area (Å²) in [6.45, 7) is 3.39.